The fraction of sp³-hybridized carbons (Fsp3) is 0.200. The largest absolute Gasteiger partial charge is 0.496 e. The molecule has 0 aliphatic carbocycles. The molecule has 0 saturated carbocycles. The second kappa shape index (κ2) is 6.60. The molecular weight excluding hydrogens is 270 g/mol. The number of benzene rings is 1. The number of nitrogens with one attached hydrogen (secondary N) is 1. The number of ether oxygens (including phenoxy) is 2. The Morgan fingerprint density at radius 3 is 2.76 bits per heavy atom. The van der Waals surface area contributed by atoms with E-state index in [1.54, 1.807) is 30.3 Å². The zero-order chi connectivity index (χ0) is 15.2. The van der Waals surface area contributed by atoms with Gasteiger partial charge in [0.25, 0.3) is 5.91 Å². The number of hydrogen-bond acceptors (Lipinski definition) is 5. The first-order valence-electron chi connectivity index (χ1n) is 6.47. The van der Waals surface area contributed by atoms with Crippen molar-refractivity contribution >= 4 is 17.3 Å². The van der Waals surface area contributed by atoms with Crippen LogP contribution in [-0.4, -0.2) is 24.6 Å². The van der Waals surface area contributed by atoms with Gasteiger partial charge in [-0.25, -0.2) is 4.98 Å². The number of carbonyl (C=O) groups excluding carboxylic acids is 1. The summed E-state index contributed by atoms with van der Waals surface area (Å²) in [4.78, 5) is 16.3. The Labute approximate surface area is 122 Å². The fourth-order valence-corrected chi connectivity index (χ4v) is 1.79. The summed E-state index contributed by atoms with van der Waals surface area (Å²) in [7, 11) is 1.50. The Morgan fingerprint density at radius 2 is 2.14 bits per heavy atom. The predicted molar refractivity (Wildman–Crippen MR) is 80.8 cm³/mol. The molecule has 110 valence electrons. The molecule has 6 nitrogen and oxygen atoms in total. The number of nitrogen functional groups attached to an aromatic ring is 1. The van der Waals surface area contributed by atoms with Gasteiger partial charge in [0.2, 0.25) is 5.88 Å². The van der Waals surface area contributed by atoms with Gasteiger partial charge < -0.3 is 20.5 Å². The van der Waals surface area contributed by atoms with Crippen LogP contribution in [0.5, 0.6) is 11.6 Å². The van der Waals surface area contributed by atoms with E-state index in [0.29, 0.717) is 35.2 Å². The molecule has 21 heavy (non-hydrogen) atoms. The molecule has 0 saturated heterocycles. The minimum atomic E-state index is -0.315. The lowest BCUT2D eigenvalue weighted by Gasteiger charge is -2.10. The number of carbonyl (C=O) groups is 1. The standard InChI is InChI=1S/C15H17N3O3/c1-3-21-14-7-5-11(9-17-14)18-15(19)12-8-10(16)4-6-13(12)20-2/h4-9H,3,16H2,1-2H3,(H,18,19). The smallest absolute Gasteiger partial charge is 0.259 e. The molecule has 0 fully saturated rings. The van der Waals surface area contributed by atoms with Crippen LogP contribution in [0.3, 0.4) is 0 Å². The third kappa shape index (κ3) is 3.62. The first-order chi connectivity index (χ1) is 10.1. The molecule has 0 spiro atoms. The van der Waals surface area contributed by atoms with Crippen molar-refractivity contribution in [3.05, 3.63) is 42.1 Å². The van der Waals surface area contributed by atoms with Crippen molar-refractivity contribution < 1.29 is 14.3 Å². The summed E-state index contributed by atoms with van der Waals surface area (Å²) in [5, 5.41) is 2.74. The molecule has 0 bridgehead atoms. The first-order valence-corrected chi connectivity index (χ1v) is 6.47. The third-order valence-electron chi connectivity index (χ3n) is 2.75. The second-order valence-electron chi connectivity index (χ2n) is 4.23. The minimum Gasteiger partial charge on any atom is -0.496 e. The van der Waals surface area contributed by atoms with Gasteiger partial charge >= 0.3 is 0 Å². The number of amides is 1. The Bertz CT molecular complexity index is 627. The molecule has 0 radical (unpaired) electrons. The maximum atomic E-state index is 12.3. The highest BCUT2D eigenvalue weighted by Crippen LogP contribution is 2.22. The van der Waals surface area contributed by atoms with E-state index in [1.165, 1.54) is 13.3 Å². The van der Waals surface area contributed by atoms with E-state index in [4.69, 9.17) is 15.2 Å². The van der Waals surface area contributed by atoms with Crippen molar-refractivity contribution in [3.8, 4) is 11.6 Å². The summed E-state index contributed by atoms with van der Waals surface area (Å²) in [5.41, 5.74) is 7.12. The van der Waals surface area contributed by atoms with Crippen LogP contribution in [0.2, 0.25) is 0 Å². The van der Waals surface area contributed by atoms with Gasteiger partial charge in [-0.05, 0) is 31.2 Å². The van der Waals surface area contributed by atoms with Crippen molar-refractivity contribution in [2.45, 2.75) is 6.92 Å². The normalized spacial score (nSPS) is 10.0. The van der Waals surface area contributed by atoms with Crippen LogP contribution in [0, 0.1) is 0 Å². The molecule has 6 heteroatoms. The molecule has 1 aromatic carbocycles. The Balaban J connectivity index is 2.15. The highest BCUT2D eigenvalue weighted by atomic mass is 16.5. The Morgan fingerprint density at radius 1 is 1.33 bits per heavy atom. The first kappa shape index (κ1) is 14.6. The summed E-state index contributed by atoms with van der Waals surface area (Å²) in [6.07, 6.45) is 1.53. The molecule has 2 rings (SSSR count). The van der Waals surface area contributed by atoms with E-state index >= 15 is 0 Å². The number of aromatic nitrogens is 1. The number of nitrogens with two attached hydrogens (primary N) is 1. The summed E-state index contributed by atoms with van der Waals surface area (Å²) in [6, 6.07) is 8.30. The van der Waals surface area contributed by atoms with E-state index in [-0.39, 0.29) is 5.91 Å². The van der Waals surface area contributed by atoms with Gasteiger partial charge in [-0.1, -0.05) is 0 Å². The number of anilines is 2. The predicted octanol–water partition coefficient (Wildman–Crippen LogP) is 2.32. The van der Waals surface area contributed by atoms with Crippen molar-refractivity contribution in [2.75, 3.05) is 24.8 Å². The molecule has 0 unspecified atom stereocenters. The van der Waals surface area contributed by atoms with E-state index in [0.717, 1.165) is 0 Å². The number of rotatable bonds is 5. The average molecular weight is 287 g/mol. The summed E-state index contributed by atoms with van der Waals surface area (Å²) < 4.78 is 10.4. The van der Waals surface area contributed by atoms with Gasteiger partial charge in [-0.3, -0.25) is 4.79 Å². The van der Waals surface area contributed by atoms with Crippen molar-refractivity contribution in [2.24, 2.45) is 0 Å². The summed E-state index contributed by atoms with van der Waals surface area (Å²) >= 11 is 0. The van der Waals surface area contributed by atoms with Crippen LogP contribution in [0.1, 0.15) is 17.3 Å². The van der Waals surface area contributed by atoms with Crippen LogP contribution in [0.15, 0.2) is 36.5 Å². The van der Waals surface area contributed by atoms with E-state index in [1.807, 2.05) is 6.92 Å². The number of nitrogens with zero attached hydrogens (tertiary/aromatic N) is 1. The zero-order valence-corrected chi connectivity index (χ0v) is 11.9. The van der Waals surface area contributed by atoms with Gasteiger partial charge in [0.15, 0.2) is 0 Å². The molecule has 1 aromatic heterocycles. The van der Waals surface area contributed by atoms with Crippen LogP contribution < -0.4 is 20.5 Å². The topological polar surface area (TPSA) is 86.5 Å². The van der Waals surface area contributed by atoms with Gasteiger partial charge in [0, 0.05) is 11.8 Å². The van der Waals surface area contributed by atoms with E-state index < -0.39 is 0 Å². The average Bonchev–Trinajstić information content (AvgIpc) is 2.49. The van der Waals surface area contributed by atoms with Crippen LogP contribution in [-0.2, 0) is 0 Å². The highest BCUT2D eigenvalue weighted by molar-refractivity contribution is 6.06. The lowest BCUT2D eigenvalue weighted by atomic mass is 10.1. The molecule has 3 N–H and O–H groups in total. The highest BCUT2D eigenvalue weighted by Gasteiger charge is 2.13. The van der Waals surface area contributed by atoms with Crippen molar-refractivity contribution in [1.29, 1.82) is 0 Å². The third-order valence-corrected chi connectivity index (χ3v) is 2.75. The lowest BCUT2D eigenvalue weighted by Crippen LogP contribution is -2.13. The van der Waals surface area contributed by atoms with Crippen molar-refractivity contribution in [3.63, 3.8) is 0 Å². The maximum absolute atomic E-state index is 12.3. The Kier molecular flexibility index (Phi) is 4.61. The molecule has 0 atom stereocenters. The fourth-order valence-electron chi connectivity index (χ4n) is 1.79. The van der Waals surface area contributed by atoms with E-state index in [2.05, 4.69) is 10.3 Å². The van der Waals surface area contributed by atoms with Crippen molar-refractivity contribution in [1.82, 2.24) is 4.98 Å². The lowest BCUT2D eigenvalue weighted by molar-refractivity contribution is 0.102. The van der Waals surface area contributed by atoms with Gasteiger partial charge in [-0.15, -0.1) is 0 Å². The van der Waals surface area contributed by atoms with Crippen LogP contribution in [0.25, 0.3) is 0 Å². The monoisotopic (exact) mass is 287 g/mol. The van der Waals surface area contributed by atoms with Gasteiger partial charge in [-0.2, -0.15) is 0 Å². The Hall–Kier alpha value is -2.76. The summed E-state index contributed by atoms with van der Waals surface area (Å²) in [5.74, 6) is 0.655. The van der Waals surface area contributed by atoms with Crippen LogP contribution >= 0.6 is 0 Å². The molecule has 1 heterocycles. The summed E-state index contributed by atoms with van der Waals surface area (Å²) in [6.45, 7) is 2.42. The number of hydrogen-bond donors (Lipinski definition) is 2. The SMILES string of the molecule is CCOc1ccc(NC(=O)c2cc(N)ccc2OC)cn1. The second-order valence-corrected chi connectivity index (χ2v) is 4.23. The molecule has 0 aliphatic rings. The molecule has 0 aliphatic heterocycles. The minimum absolute atomic E-state index is 0.315. The number of methoxy groups -OCH3 is 1. The quantitative estimate of drug-likeness (QED) is 0.824. The molecule has 2 aromatic rings. The molecular formula is C15H17N3O3. The number of pyridine rings is 1. The maximum Gasteiger partial charge on any atom is 0.259 e. The van der Waals surface area contributed by atoms with Crippen LogP contribution in [0.4, 0.5) is 11.4 Å². The van der Waals surface area contributed by atoms with Gasteiger partial charge in [0.05, 0.1) is 31.2 Å². The molecule has 1 amide bonds. The van der Waals surface area contributed by atoms with Gasteiger partial charge in [0.1, 0.15) is 5.75 Å². The zero-order valence-electron chi connectivity index (χ0n) is 11.9. The van der Waals surface area contributed by atoms with E-state index in [9.17, 15) is 4.79 Å².